The van der Waals surface area contributed by atoms with Gasteiger partial charge < -0.3 is 10.2 Å². The van der Waals surface area contributed by atoms with Crippen LogP contribution in [0.2, 0.25) is 10.0 Å². The van der Waals surface area contributed by atoms with E-state index in [1.807, 2.05) is 18.2 Å². The molecule has 26 heavy (non-hydrogen) atoms. The lowest BCUT2D eigenvalue weighted by Gasteiger charge is -2.36. The number of hydrogen-bond donors (Lipinski definition) is 1. The molecule has 1 saturated heterocycles. The molecule has 0 aromatic heterocycles. The standard InChI is InChI=1S/C20H23Cl2N3S/c1-2-15-3-6-17(7-4-15)23-20(26)25-11-9-24(10-12-25)14-16-5-8-18(21)19(22)13-16/h3-8,13H,2,9-12,14H2,1H3,(H,23,26). The van der Waals surface area contributed by atoms with Gasteiger partial charge in [0, 0.05) is 38.4 Å². The van der Waals surface area contributed by atoms with Crippen LogP contribution in [0.25, 0.3) is 0 Å². The van der Waals surface area contributed by atoms with Crippen LogP contribution in [0.3, 0.4) is 0 Å². The number of anilines is 1. The normalized spacial score (nSPS) is 15.1. The minimum absolute atomic E-state index is 0.601. The Morgan fingerprint density at radius 3 is 2.23 bits per heavy atom. The number of piperazine rings is 1. The molecule has 1 heterocycles. The van der Waals surface area contributed by atoms with Crippen LogP contribution in [-0.4, -0.2) is 41.1 Å². The Kier molecular flexibility index (Phi) is 6.76. The second-order valence-corrected chi connectivity index (χ2v) is 7.69. The molecule has 0 radical (unpaired) electrons. The van der Waals surface area contributed by atoms with Gasteiger partial charge in [-0.2, -0.15) is 0 Å². The molecule has 3 rings (SSSR count). The number of nitrogens with one attached hydrogen (secondary N) is 1. The lowest BCUT2D eigenvalue weighted by atomic mass is 10.1. The van der Waals surface area contributed by atoms with Gasteiger partial charge in [-0.15, -0.1) is 0 Å². The van der Waals surface area contributed by atoms with Gasteiger partial charge in [-0.25, -0.2) is 0 Å². The van der Waals surface area contributed by atoms with E-state index in [1.165, 1.54) is 11.1 Å². The maximum absolute atomic E-state index is 6.11. The molecule has 3 nitrogen and oxygen atoms in total. The second-order valence-electron chi connectivity index (χ2n) is 6.49. The van der Waals surface area contributed by atoms with Crippen molar-refractivity contribution in [3.05, 3.63) is 63.6 Å². The summed E-state index contributed by atoms with van der Waals surface area (Å²) in [5.74, 6) is 0. The van der Waals surface area contributed by atoms with Crippen molar-refractivity contribution in [2.75, 3.05) is 31.5 Å². The fraction of sp³-hybridized carbons (Fsp3) is 0.350. The summed E-state index contributed by atoms with van der Waals surface area (Å²) in [6.45, 7) is 6.81. The third-order valence-corrected chi connectivity index (χ3v) is 5.76. The molecule has 1 N–H and O–H groups in total. The fourth-order valence-electron chi connectivity index (χ4n) is 3.03. The highest BCUT2D eigenvalue weighted by molar-refractivity contribution is 7.80. The Morgan fingerprint density at radius 2 is 1.62 bits per heavy atom. The van der Waals surface area contributed by atoms with E-state index in [0.29, 0.717) is 10.0 Å². The number of benzene rings is 2. The Labute approximate surface area is 170 Å². The summed E-state index contributed by atoms with van der Waals surface area (Å²) >= 11 is 17.7. The van der Waals surface area contributed by atoms with Gasteiger partial charge >= 0.3 is 0 Å². The monoisotopic (exact) mass is 407 g/mol. The van der Waals surface area contributed by atoms with Crippen molar-refractivity contribution in [2.45, 2.75) is 19.9 Å². The van der Waals surface area contributed by atoms with E-state index in [4.69, 9.17) is 35.4 Å². The molecule has 2 aromatic rings. The largest absolute Gasteiger partial charge is 0.346 e. The lowest BCUT2D eigenvalue weighted by Crippen LogP contribution is -2.49. The van der Waals surface area contributed by atoms with Crippen LogP contribution in [0.1, 0.15) is 18.1 Å². The highest BCUT2D eigenvalue weighted by Crippen LogP contribution is 2.23. The van der Waals surface area contributed by atoms with Gasteiger partial charge in [0.1, 0.15) is 0 Å². The second kappa shape index (κ2) is 9.05. The number of rotatable bonds is 4. The SMILES string of the molecule is CCc1ccc(NC(=S)N2CCN(Cc3ccc(Cl)c(Cl)c3)CC2)cc1. The van der Waals surface area contributed by atoms with Gasteiger partial charge in [-0.05, 0) is 54.0 Å². The van der Waals surface area contributed by atoms with Gasteiger partial charge in [0.15, 0.2) is 5.11 Å². The highest BCUT2D eigenvalue weighted by atomic mass is 35.5. The molecule has 0 amide bonds. The van der Waals surface area contributed by atoms with Crippen molar-refractivity contribution >= 4 is 46.2 Å². The smallest absolute Gasteiger partial charge is 0.173 e. The summed E-state index contributed by atoms with van der Waals surface area (Å²) in [5.41, 5.74) is 3.56. The highest BCUT2D eigenvalue weighted by Gasteiger charge is 2.19. The van der Waals surface area contributed by atoms with E-state index in [-0.39, 0.29) is 0 Å². The molecule has 2 aromatic carbocycles. The zero-order valence-electron chi connectivity index (χ0n) is 14.8. The lowest BCUT2D eigenvalue weighted by molar-refractivity contribution is 0.177. The first kappa shape index (κ1) is 19.4. The number of halogens is 2. The Morgan fingerprint density at radius 1 is 0.962 bits per heavy atom. The average Bonchev–Trinajstić information content (AvgIpc) is 2.66. The van der Waals surface area contributed by atoms with Crippen molar-refractivity contribution < 1.29 is 0 Å². The van der Waals surface area contributed by atoms with E-state index in [9.17, 15) is 0 Å². The molecule has 0 atom stereocenters. The zero-order chi connectivity index (χ0) is 18.5. The molecule has 6 heteroatoms. The van der Waals surface area contributed by atoms with Crippen LogP contribution in [-0.2, 0) is 13.0 Å². The van der Waals surface area contributed by atoms with Gasteiger partial charge in [-0.1, -0.05) is 48.3 Å². The predicted octanol–water partition coefficient (Wildman–Crippen LogP) is 5.07. The molecule has 1 aliphatic heterocycles. The van der Waals surface area contributed by atoms with Crippen LogP contribution in [0, 0.1) is 0 Å². The Hall–Kier alpha value is -1.33. The molecule has 138 valence electrons. The molecule has 0 saturated carbocycles. The van der Waals surface area contributed by atoms with E-state index in [2.05, 4.69) is 46.3 Å². The summed E-state index contributed by atoms with van der Waals surface area (Å²) in [6.07, 6.45) is 1.05. The molecule has 0 spiro atoms. The van der Waals surface area contributed by atoms with E-state index < -0.39 is 0 Å². The summed E-state index contributed by atoms with van der Waals surface area (Å²) in [6, 6.07) is 14.3. The average molecular weight is 408 g/mol. The van der Waals surface area contributed by atoms with Crippen molar-refractivity contribution in [2.24, 2.45) is 0 Å². The summed E-state index contributed by atoms with van der Waals surface area (Å²) in [4.78, 5) is 4.64. The number of nitrogens with zero attached hydrogens (tertiary/aromatic N) is 2. The predicted molar refractivity (Wildman–Crippen MR) is 115 cm³/mol. The van der Waals surface area contributed by atoms with E-state index >= 15 is 0 Å². The van der Waals surface area contributed by atoms with Crippen LogP contribution in [0.5, 0.6) is 0 Å². The first-order chi connectivity index (χ1) is 12.5. The van der Waals surface area contributed by atoms with Crippen molar-refractivity contribution in [3.8, 4) is 0 Å². The van der Waals surface area contributed by atoms with Gasteiger partial charge in [0.05, 0.1) is 10.0 Å². The van der Waals surface area contributed by atoms with Gasteiger partial charge in [0.2, 0.25) is 0 Å². The quantitative estimate of drug-likeness (QED) is 0.712. The zero-order valence-corrected chi connectivity index (χ0v) is 17.2. The first-order valence-electron chi connectivity index (χ1n) is 8.86. The van der Waals surface area contributed by atoms with Gasteiger partial charge in [0.25, 0.3) is 0 Å². The third-order valence-electron chi connectivity index (χ3n) is 4.66. The maximum atomic E-state index is 6.11. The summed E-state index contributed by atoms with van der Waals surface area (Å²) in [7, 11) is 0. The molecular formula is C20H23Cl2N3S. The molecule has 0 unspecified atom stereocenters. The van der Waals surface area contributed by atoms with Crippen molar-refractivity contribution in [1.82, 2.24) is 9.80 Å². The molecule has 1 fully saturated rings. The summed E-state index contributed by atoms with van der Waals surface area (Å²) < 4.78 is 0. The van der Waals surface area contributed by atoms with E-state index in [1.54, 1.807) is 0 Å². The maximum Gasteiger partial charge on any atom is 0.173 e. The molecular weight excluding hydrogens is 385 g/mol. The minimum atomic E-state index is 0.601. The molecule has 1 aliphatic rings. The molecule has 0 bridgehead atoms. The van der Waals surface area contributed by atoms with Crippen LogP contribution in [0.15, 0.2) is 42.5 Å². The van der Waals surface area contributed by atoms with Crippen molar-refractivity contribution in [3.63, 3.8) is 0 Å². The Bertz CT molecular complexity index is 756. The van der Waals surface area contributed by atoms with Crippen molar-refractivity contribution in [1.29, 1.82) is 0 Å². The van der Waals surface area contributed by atoms with Crippen LogP contribution < -0.4 is 5.32 Å². The van der Waals surface area contributed by atoms with Crippen LogP contribution >= 0.6 is 35.4 Å². The summed E-state index contributed by atoms with van der Waals surface area (Å²) in [5, 5.41) is 5.36. The minimum Gasteiger partial charge on any atom is -0.346 e. The number of hydrogen-bond acceptors (Lipinski definition) is 2. The molecule has 0 aliphatic carbocycles. The number of thiocarbonyl (C=S) groups is 1. The van der Waals surface area contributed by atoms with E-state index in [0.717, 1.165) is 49.9 Å². The van der Waals surface area contributed by atoms with Gasteiger partial charge in [-0.3, -0.25) is 4.90 Å². The third kappa shape index (κ3) is 5.10. The topological polar surface area (TPSA) is 18.5 Å². The Balaban J connectivity index is 1.49. The number of aryl methyl sites for hydroxylation is 1. The fourth-order valence-corrected chi connectivity index (χ4v) is 3.65. The first-order valence-corrected chi connectivity index (χ1v) is 10.0. The van der Waals surface area contributed by atoms with Crippen LogP contribution in [0.4, 0.5) is 5.69 Å².